The van der Waals surface area contributed by atoms with Gasteiger partial charge in [0.1, 0.15) is 0 Å². The van der Waals surface area contributed by atoms with Crippen molar-refractivity contribution in [1.82, 2.24) is 0 Å². The van der Waals surface area contributed by atoms with Crippen LogP contribution in [0.5, 0.6) is 11.5 Å². The molecule has 1 aromatic rings. The second-order valence-electron chi connectivity index (χ2n) is 3.27. The quantitative estimate of drug-likeness (QED) is 0.729. The summed E-state index contributed by atoms with van der Waals surface area (Å²) in [5.74, 6) is 1.87. The predicted molar refractivity (Wildman–Crippen MR) is 67.5 cm³/mol. The van der Waals surface area contributed by atoms with Crippen LogP contribution in [0.25, 0.3) is 5.76 Å². The summed E-state index contributed by atoms with van der Waals surface area (Å²) in [6.45, 7) is 0. The lowest BCUT2D eigenvalue weighted by molar-refractivity contribution is 0.0869. The van der Waals surface area contributed by atoms with Gasteiger partial charge >= 0.3 is 5.95 Å². The zero-order chi connectivity index (χ0) is 13.5. The van der Waals surface area contributed by atoms with Gasteiger partial charge in [0.2, 0.25) is 5.76 Å². The molecule has 0 aliphatic carbocycles. The Hall–Kier alpha value is -2.04. The van der Waals surface area contributed by atoms with Crippen LogP contribution in [-0.4, -0.2) is 35.5 Å². The Morgan fingerprint density at radius 1 is 0.833 bits per heavy atom. The lowest BCUT2D eigenvalue weighted by Gasteiger charge is -2.16. The smallest absolute Gasteiger partial charge is 0.323 e. The van der Waals surface area contributed by atoms with Gasteiger partial charge in [-0.2, -0.15) is 0 Å². The first-order valence-corrected chi connectivity index (χ1v) is 5.31. The molecule has 0 atom stereocenters. The van der Waals surface area contributed by atoms with Crippen LogP contribution in [0.2, 0.25) is 0 Å². The maximum atomic E-state index is 5.34. The first kappa shape index (κ1) is 14.0. The van der Waals surface area contributed by atoms with Gasteiger partial charge in [0, 0.05) is 0 Å². The summed E-state index contributed by atoms with van der Waals surface area (Å²) in [5, 5.41) is 0. The van der Waals surface area contributed by atoms with Crippen molar-refractivity contribution in [1.29, 1.82) is 0 Å². The molecule has 0 heterocycles. The van der Waals surface area contributed by atoms with Crippen LogP contribution in [0.15, 0.2) is 24.1 Å². The summed E-state index contributed by atoms with van der Waals surface area (Å²) in [4.78, 5) is 0. The Morgan fingerprint density at radius 2 is 1.50 bits per heavy atom. The predicted octanol–water partition coefficient (Wildman–Crippen LogP) is 2.27. The minimum absolute atomic E-state index is 0.268. The second-order valence-corrected chi connectivity index (χ2v) is 3.27. The van der Waals surface area contributed by atoms with E-state index in [-0.39, 0.29) is 5.95 Å². The van der Waals surface area contributed by atoms with Crippen molar-refractivity contribution in [3.8, 4) is 11.5 Å². The Morgan fingerprint density at radius 3 is 1.94 bits per heavy atom. The molecule has 5 heteroatoms. The van der Waals surface area contributed by atoms with E-state index in [4.69, 9.17) is 23.7 Å². The van der Waals surface area contributed by atoms with E-state index in [0.717, 1.165) is 0 Å². The number of benzene rings is 1. The standard InChI is InChI=1S/C13H18O5/c1-14-10-8-6-7-9(11(10)15-2)12(16-3)13(17-4)18-5/h6-8H,1-5H3. The monoisotopic (exact) mass is 254 g/mol. The van der Waals surface area contributed by atoms with Gasteiger partial charge in [-0.3, -0.25) is 0 Å². The van der Waals surface area contributed by atoms with Crippen molar-refractivity contribution in [2.24, 2.45) is 0 Å². The molecule has 18 heavy (non-hydrogen) atoms. The highest BCUT2D eigenvalue weighted by Crippen LogP contribution is 2.36. The zero-order valence-electron chi connectivity index (χ0n) is 11.3. The summed E-state index contributed by atoms with van der Waals surface area (Å²) in [7, 11) is 7.68. The third-order valence-electron chi connectivity index (χ3n) is 2.41. The number of methoxy groups -OCH3 is 5. The van der Waals surface area contributed by atoms with Crippen molar-refractivity contribution in [2.75, 3.05) is 35.5 Å². The first-order valence-electron chi connectivity index (χ1n) is 5.31. The third kappa shape index (κ3) is 2.61. The Bertz CT molecular complexity index is 419. The highest BCUT2D eigenvalue weighted by atomic mass is 16.7. The van der Waals surface area contributed by atoms with Crippen LogP contribution in [-0.2, 0) is 14.2 Å². The number of hydrogen-bond acceptors (Lipinski definition) is 5. The van der Waals surface area contributed by atoms with E-state index < -0.39 is 0 Å². The minimum Gasteiger partial charge on any atom is -0.493 e. The van der Waals surface area contributed by atoms with Crippen LogP contribution in [0, 0.1) is 0 Å². The van der Waals surface area contributed by atoms with Crippen LogP contribution in [0.3, 0.4) is 0 Å². The SMILES string of the molecule is COC(OC)=C(OC)c1cccc(OC)c1OC. The lowest BCUT2D eigenvalue weighted by Crippen LogP contribution is -2.02. The molecule has 0 unspecified atom stereocenters. The van der Waals surface area contributed by atoms with E-state index in [1.165, 1.54) is 21.3 Å². The largest absolute Gasteiger partial charge is 0.493 e. The summed E-state index contributed by atoms with van der Waals surface area (Å²) >= 11 is 0. The molecule has 0 N–H and O–H groups in total. The fourth-order valence-corrected chi connectivity index (χ4v) is 1.64. The summed E-state index contributed by atoms with van der Waals surface area (Å²) < 4.78 is 26.1. The summed E-state index contributed by atoms with van der Waals surface area (Å²) in [6.07, 6.45) is 0. The minimum atomic E-state index is 0.268. The van der Waals surface area contributed by atoms with E-state index in [1.807, 2.05) is 12.1 Å². The number of hydrogen-bond donors (Lipinski definition) is 0. The van der Waals surface area contributed by atoms with Gasteiger partial charge in [0.05, 0.1) is 41.1 Å². The molecule has 0 bridgehead atoms. The van der Waals surface area contributed by atoms with E-state index in [9.17, 15) is 0 Å². The van der Waals surface area contributed by atoms with Gasteiger partial charge in [-0.15, -0.1) is 0 Å². The maximum absolute atomic E-state index is 5.34. The van der Waals surface area contributed by atoms with Crippen molar-refractivity contribution < 1.29 is 23.7 Å². The van der Waals surface area contributed by atoms with Crippen LogP contribution < -0.4 is 9.47 Å². The number of para-hydroxylation sites is 1. The normalized spacial score (nSPS) is 9.39. The lowest BCUT2D eigenvalue weighted by atomic mass is 10.1. The molecule has 0 saturated carbocycles. The highest BCUT2D eigenvalue weighted by Gasteiger charge is 2.19. The van der Waals surface area contributed by atoms with Crippen molar-refractivity contribution in [2.45, 2.75) is 0 Å². The molecule has 100 valence electrons. The van der Waals surface area contributed by atoms with E-state index >= 15 is 0 Å². The van der Waals surface area contributed by atoms with Crippen LogP contribution in [0.4, 0.5) is 0 Å². The van der Waals surface area contributed by atoms with Crippen LogP contribution in [0.1, 0.15) is 5.56 Å². The molecule has 0 aliphatic heterocycles. The van der Waals surface area contributed by atoms with Gasteiger partial charge in [-0.25, -0.2) is 0 Å². The number of rotatable bonds is 6. The topological polar surface area (TPSA) is 46.2 Å². The first-order chi connectivity index (χ1) is 8.73. The van der Waals surface area contributed by atoms with Crippen molar-refractivity contribution >= 4 is 5.76 Å². The van der Waals surface area contributed by atoms with Gasteiger partial charge < -0.3 is 23.7 Å². The second kappa shape index (κ2) is 6.64. The summed E-state index contributed by atoms with van der Waals surface area (Å²) in [5.41, 5.74) is 0.693. The molecule has 0 aromatic heterocycles. The fourth-order valence-electron chi connectivity index (χ4n) is 1.64. The maximum Gasteiger partial charge on any atom is 0.323 e. The average molecular weight is 254 g/mol. The van der Waals surface area contributed by atoms with Gasteiger partial charge in [-0.05, 0) is 12.1 Å². The van der Waals surface area contributed by atoms with Gasteiger partial charge in [-0.1, -0.05) is 6.07 Å². The molecule has 0 aliphatic rings. The van der Waals surface area contributed by atoms with E-state index in [0.29, 0.717) is 22.8 Å². The zero-order valence-corrected chi connectivity index (χ0v) is 11.3. The van der Waals surface area contributed by atoms with Gasteiger partial charge in [0.15, 0.2) is 11.5 Å². The molecular formula is C13H18O5. The molecular weight excluding hydrogens is 236 g/mol. The molecule has 0 saturated heterocycles. The summed E-state index contributed by atoms with van der Waals surface area (Å²) in [6, 6.07) is 5.46. The van der Waals surface area contributed by atoms with Crippen molar-refractivity contribution in [3.05, 3.63) is 29.7 Å². The third-order valence-corrected chi connectivity index (χ3v) is 2.41. The molecule has 5 nitrogen and oxygen atoms in total. The van der Waals surface area contributed by atoms with E-state index in [1.54, 1.807) is 20.3 Å². The Kier molecular flexibility index (Phi) is 5.17. The highest BCUT2D eigenvalue weighted by molar-refractivity contribution is 5.69. The Balaban J connectivity index is 3.42. The van der Waals surface area contributed by atoms with Crippen molar-refractivity contribution in [3.63, 3.8) is 0 Å². The molecule has 1 rings (SSSR count). The van der Waals surface area contributed by atoms with E-state index in [2.05, 4.69) is 0 Å². The molecule has 0 fully saturated rings. The molecule has 0 amide bonds. The average Bonchev–Trinajstić information content (AvgIpc) is 2.43. The molecule has 0 spiro atoms. The van der Waals surface area contributed by atoms with Crippen LogP contribution >= 0.6 is 0 Å². The molecule has 1 aromatic carbocycles. The molecule has 0 radical (unpaired) electrons. The Labute approximate surface area is 107 Å². The fraction of sp³-hybridized carbons (Fsp3) is 0.385. The number of ether oxygens (including phenoxy) is 5. The van der Waals surface area contributed by atoms with Gasteiger partial charge in [0.25, 0.3) is 0 Å².